The monoisotopic (exact) mass is 248 g/mol. The summed E-state index contributed by atoms with van der Waals surface area (Å²) < 4.78 is 0. The highest BCUT2D eigenvalue weighted by Crippen LogP contribution is 2.27. The van der Waals surface area contributed by atoms with E-state index in [-0.39, 0.29) is 0 Å². The lowest BCUT2D eigenvalue weighted by molar-refractivity contribution is 1.21. The molecule has 0 aliphatic carbocycles. The van der Waals surface area contributed by atoms with Crippen LogP contribution in [-0.4, -0.2) is 7.05 Å². The predicted molar refractivity (Wildman–Crippen MR) is 82.9 cm³/mol. The van der Waals surface area contributed by atoms with E-state index in [2.05, 4.69) is 60.5 Å². The molecule has 3 rings (SSSR count). The number of nitrogen functional groups attached to an aromatic ring is 1. The molecular weight excluding hydrogens is 232 g/mol. The van der Waals surface area contributed by atoms with Crippen LogP contribution in [0.3, 0.4) is 0 Å². The van der Waals surface area contributed by atoms with E-state index in [1.807, 2.05) is 18.2 Å². The largest absolute Gasteiger partial charge is 0.399 e. The molecule has 0 amide bonds. The van der Waals surface area contributed by atoms with E-state index < -0.39 is 0 Å². The number of hydrogen-bond acceptors (Lipinski definition) is 2. The highest BCUT2D eigenvalue weighted by Gasteiger charge is 2.04. The highest BCUT2D eigenvalue weighted by atomic mass is 15.1. The first-order chi connectivity index (χ1) is 9.24. The van der Waals surface area contributed by atoms with Gasteiger partial charge in [-0.25, -0.2) is 0 Å². The number of hydrogen-bond donors (Lipinski definition) is 1. The predicted octanol–water partition coefficient (Wildman–Crippen LogP) is 4.19. The lowest BCUT2D eigenvalue weighted by atomic mass is 10.1. The average molecular weight is 248 g/mol. The van der Waals surface area contributed by atoms with Crippen LogP contribution in [-0.2, 0) is 0 Å². The molecule has 0 heterocycles. The number of benzene rings is 3. The molecule has 0 unspecified atom stereocenters. The van der Waals surface area contributed by atoms with Crippen LogP contribution >= 0.6 is 0 Å². The van der Waals surface area contributed by atoms with Crippen molar-refractivity contribution in [3.05, 3.63) is 66.7 Å². The molecule has 0 saturated heterocycles. The van der Waals surface area contributed by atoms with E-state index in [0.717, 1.165) is 17.1 Å². The Morgan fingerprint density at radius 2 is 1.47 bits per heavy atom. The highest BCUT2D eigenvalue weighted by molar-refractivity contribution is 5.86. The van der Waals surface area contributed by atoms with Gasteiger partial charge >= 0.3 is 0 Å². The lowest BCUT2D eigenvalue weighted by Crippen LogP contribution is -2.09. The van der Waals surface area contributed by atoms with Gasteiger partial charge in [0.15, 0.2) is 0 Å². The van der Waals surface area contributed by atoms with E-state index in [9.17, 15) is 0 Å². The molecule has 0 aliphatic rings. The van der Waals surface area contributed by atoms with Gasteiger partial charge in [0.25, 0.3) is 0 Å². The zero-order valence-corrected chi connectivity index (χ0v) is 10.9. The molecule has 2 heteroatoms. The van der Waals surface area contributed by atoms with Gasteiger partial charge < -0.3 is 10.6 Å². The van der Waals surface area contributed by atoms with Gasteiger partial charge in [-0.15, -0.1) is 0 Å². The molecule has 2 N–H and O–H groups in total. The molecule has 0 aromatic heterocycles. The molecule has 0 aliphatic heterocycles. The Balaban J connectivity index is 2.04. The van der Waals surface area contributed by atoms with Crippen molar-refractivity contribution in [2.75, 3.05) is 17.7 Å². The van der Waals surface area contributed by atoms with Gasteiger partial charge in [0, 0.05) is 24.1 Å². The number of nitrogens with two attached hydrogens (primary N) is 1. The third-order valence-corrected chi connectivity index (χ3v) is 3.38. The summed E-state index contributed by atoms with van der Waals surface area (Å²) >= 11 is 0. The Morgan fingerprint density at radius 1 is 0.737 bits per heavy atom. The van der Waals surface area contributed by atoms with Crippen LogP contribution in [0, 0.1) is 0 Å². The topological polar surface area (TPSA) is 29.3 Å². The third-order valence-electron chi connectivity index (χ3n) is 3.38. The summed E-state index contributed by atoms with van der Waals surface area (Å²) in [5.41, 5.74) is 8.87. The van der Waals surface area contributed by atoms with Gasteiger partial charge in [-0.1, -0.05) is 36.4 Å². The second kappa shape index (κ2) is 4.65. The first-order valence-electron chi connectivity index (χ1n) is 6.32. The van der Waals surface area contributed by atoms with Crippen molar-refractivity contribution in [1.82, 2.24) is 0 Å². The maximum absolute atomic E-state index is 5.84. The quantitative estimate of drug-likeness (QED) is 0.689. The Bertz CT molecular complexity index is 719. The molecule has 2 nitrogen and oxygen atoms in total. The minimum atomic E-state index is 0.783. The summed E-state index contributed by atoms with van der Waals surface area (Å²) in [6.45, 7) is 0. The van der Waals surface area contributed by atoms with Gasteiger partial charge in [0.1, 0.15) is 0 Å². The van der Waals surface area contributed by atoms with Crippen molar-refractivity contribution in [3.63, 3.8) is 0 Å². The molecule has 3 aromatic carbocycles. The second-order valence-corrected chi connectivity index (χ2v) is 4.69. The van der Waals surface area contributed by atoms with Gasteiger partial charge in [0.2, 0.25) is 0 Å². The third kappa shape index (κ3) is 2.25. The fourth-order valence-corrected chi connectivity index (χ4v) is 2.27. The van der Waals surface area contributed by atoms with Crippen LogP contribution < -0.4 is 10.6 Å². The Labute approximate surface area is 113 Å². The molecule has 0 saturated carbocycles. The summed E-state index contributed by atoms with van der Waals surface area (Å²) in [5, 5.41) is 2.50. The summed E-state index contributed by atoms with van der Waals surface area (Å²) in [7, 11) is 2.05. The van der Waals surface area contributed by atoms with Crippen LogP contribution in [0.15, 0.2) is 66.7 Å². The number of anilines is 3. The summed E-state index contributed by atoms with van der Waals surface area (Å²) in [6.07, 6.45) is 0. The first-order valence-corrected chi connectivity index (χ1v) is 6.32. The van der Waals surface area contributed by atoms with Crippen molar-refractivity contribution >= 4 is 27.8 Å². The van der Waals surface area contributed by atoms with Crippen molar-refractivity contribution in [2.24, 2.45) is 0 Å². The van der Waals surface area contributed by atoms with Crippen molar-refractivity contribution in [2.45, 2.75) is 0 Å². The minimum Gasteiger partial charge on any atom is -0.399 e. The lowest BCUT2D eigenvalue weighted by Gasteiger charge is -2.20. The molecule has 0 bridgehead atoms. The average Bonchev–Trinajstić information content (AvgIpc) is 2.46. The number of nitrogens with zero attached hydrogens (tertiary/aromatic N) is 1. The van der Waals surface area contributed by atoms with Gasteiger partial charge in [-0.3, -0.25) is 0 Å². The maximum atomic E-state index is 5.84. The van der Waals surface area contributed by atoms with E-state index in [1.165, 1.54) is 10.8 Å². The van der Waals surface area contributed by atoms with Gasteiger partial charge in [0.05, 0.1) is 0 Å². The molecule has 0 radical (unpaired) electrons. The Hall–Kier alpha value is -2.48. The van der Waals surface area contributed by atoms with Crippen LogP contribution in [0.1, 0.15) is 0 Å². The smallest absolute Gasteiger partial charge is 0.0428 e. The fraction of sp³-hybridized carbons (Fsp3) is 0.0588. The van der Waals surface area contributed by atoms with Crippen molar-refractivity contribution < 1.29 is 0 Å². The number of rotatable bonds is 2. The van der Waals surface area contributed by atoms with Crippen molar-refractivity contribution in [1.29, 1.82) is 0 Å². The van der Waals surface area contributed by atoms with Crippen LogP contribution in [0.25, 0.3) is 10.8 Å². The molecule has 0 spiro atoms. The van der Waals surface area contributed by atoms with Gasteiger partial charge in [-0.2, -0.15) is 0 Å². The normalized spacial score (nSPS) is 10.6. The molecule has 3 aromatic rings. The van der Waals surface area contributed by atoms with E-state index in [0.29, 0.717) is 0 Å². The molecular formula is C17H16N2. The maximum Gasteiger partial charge on any atom is 0.0428 e. The molecule has 94 valence electrons. The molecule has 19 heavy (non-hydrogen) atoms. The van der Waals surface area contributed by atoms with Crippen molar-refractivity contribution in [3.8, 4) is 0 Å². The van der Waals surface area contributed by atoms with Crippen LogP contribution in [0.2, 0.25) is 0 Å². The van der Waals surface area contributed by atoms with Crippen LogP contribution in [0.5, 0.6) is 0 Å². The Morgan fingerprint density at radius 3 is 2.26 bits per heavy atom. The zero-order valence-electron chi connectivity index (χ0n) is 10.9. The SMILES string of the molecule is CN(c1cccc(N)c1)c1ccc2ccccc2c1. The zero-order chi connectivity index (χ0) is 13.2. The summed E-state index contributed by atoms with van der Waals surface area (Å²) in [6, 6.07) is 22.8. The Kier molecular flexibility index (Phi) is 2.84. The summed E-state index contributed by atoms with van der Waals surface area (Å²) in [4.78, 5) is 2.14. The summed E-state index contributed by atoms with van der Waals surface area (Å²) in [5.74, 6) is 0. The molecule has 0 fully saturated rings. The molecule has 0 atom stereocenters. The van der Waals surface area contributed by atoms with E-state index in [4.69, 9.17) is 5.73 Å². The minimum absolute atomic E-state index is 0.783. The van der Waals surface area contributed by atoms with E-state index >= 15 is 0 Å². The number of fused-ring (bicyclic) bond motifs is 1. The van der Waals surface area contributed by atoms with Crippen LogP contribution in [0.4, 0.5) is 17.1 Å². The fourth-order valence-electron chi connectivity index (χ4n) is 2.27. The second-order valence-electron chi connectivity index (χ2n) is 4.69. The van der Waals surface area contributed by atoms with E-state index in [1.54, 1.807) is 0 Å². The van der Waals surface area contributed by atoms with Gasteiger partial charge in [-0.05, 0) is 41.1 Å². The standard InChI is InChI=1S/C17H16N2/c1-19(16-8-4-7-15(18)12-16)17-10-9-13-5-2-3-6-14(13)11-17/h2-12H,18H2,1H3. The first kappa shape index (κ1) is 11.6.